The first-order valence-electron chi connectivity index (χ1n) is 10.0. The summed E-state index contributed by atoms with van der Waals surface area (Å²) in [6.07, 6.45) is 10.2. The molecule has 0 atom stereocenters. The number of piperidine rings is 1. The van der Waals surface area contributed by atoms with E-state index >= 15 is 0 Å². The fourth-order valence-corrected chi connectivity index (χ4v) is 3.81. The first-order valence-corrected chi connectivity index (χ1v) is 10.0. The van der Waals surface area contributed by atoms with E-state index in [4.69, 9.17) is 5.73 Å². The maximum absolute atomic E-state index is 12.6. The lowest BCUT2D eigenvalue weighted by Crippen LogP contribution is -2.35. The summed E-state index contributed by atoms with van der Waals surface area (Å²) < 4.78 is 1.64. The maximum atomic E-state index is 12.6. The second-order valence-electron chi connectivity index (χ2n) is 7.37. The van der Waals surface area contributed by atoms with E-state index in [-0.39, 0.29) is 5.91 Å². The van der Waals surface area contributed by atoms with E-state index in [0.29, 0.717) is 28.3 Å². The third-order valence-electron chi connectivity index (χ3n) is 5.37. The summed E-state index contributed by atoms with van der Waals surface area (Å²) in [6, 6.07) is 9.29. The molecule has 0 aromatic carbocycles. The highest BCUT2D eigenvalue weighted by atomic mass is 16.2. The largest absolute Gasteiger partial charge is 0.382 e. The van der Waals surface area contributed by atoms with E-state index in [1.54, 1.807) is 23.1 Å². The molecule has 8 nitrogen and oxygen atoms in total. The predicted molar refractivity (Wildman–Crippen MR) is 114 cm³/mol. The number of carbonyl (C=O) groups excluding carboxylic acids is 1. The molecule has 1 saturated heterocycles. The van der Waals surface area contributed by atoms with Gasteiger partial charge in [0.25, 0.3) is 5.91 Å². The zero-order chi connectivity index (χ0) is 20.5. The zero-order valence-electron chi connectivity index (χ0n) is 16.4. The summed E-state index contributed by atoms with van der Waals surface area (Å²) in [5.74, 6) is 0.413. The number of nitrogen functional groups attached to an aromatic ring is 1. The number of pyridine rings is 2. The molecule has 0 aliphatic carbocycles. The molecule has 4 aromatic rings. The van der Waals surface area contributed by atoms with Crippen LogP contribution in [0.25, 0.3) is 28.2 Å². The SMILES string of the molecule is Nc1nn2cc(-c3ccc(C(=O)N4CCCCC4)cn3)cnc2c1-c1ccccn1. The Bertz CT molecular complexity index is 1200. The number of rotatable bonds is 3. The number of nitrogens with two attached hydrogens (primary N) is 1. The van der Waals surface area contributed by atoms with Crippen LogP contribution >= 0.6 is 0 Å². The highest BCUT2D eigenvalue weighted by Gasteiger charge is 2.19. The van der Waals surface area contributed by atoms with Crippen LogP contribution in [0.2, 0.25) is 0 Å². The van der Waals surface area contributed by atoms with Crippen LogP contribution in [0.5, 0.6) is 0 Å². The lowest BCUT2D eigenvalue weighted by atomic mass is 10.1. The van der Waals surface area contributed by atoms with Crippen LogP contribution in [0.3, 0.4) is 0 Å². The monoisotopic (exact) mass is 399 g/mol. The fraction of sp³-hybridized carbons (Fsp3) is 0.227. The lowest BCUT2D eigenvalue weighted by molar-refractivity contribution is 0.0724. The topological polar surface area (TPSA) is 102 Å². The maximum Gasteiger partial charge on any atom is 0.255 e. The number of hydrogen-bond donors (Lipinski definition) is 1. The van der Waals surface area contributed by atoms with Gasteiger partial charge in [0, 0.05) is 43.4 Å². The first kappa shape index (κ1) is 18.2. The average molecular weight is 399 g/mol. The van der Waals surface area contributed by atoms with Crippen molar-refractivity contribution in [1.82, 2.24) is 29.5 Å². The standard InChI is InChI=1S/C22H21N7O/c23-20-19(18-6-2-3-9-24-18)21-26-13-16(14-29(21)27-20)17-8-7-15(12-25-17)22(30)28-10-4-1-5-11-28/h2-3,6-9,12-14H,1,4-5,10-11H2,(H2,23,27). The second-order valence-corrected chi connectivity index (χ2v) is 7.37. The minimum absolute atomic E-state index is 0.0437. The molecule has 0 unspecified atom stereocenters. The van der Waals surface area contributed by atoms with Gasteiger partial charge in [0.05, 0.1) is 22.5 Å². The summed E-state index contributed by atoms with van der Waals surface area (Å²) in [4.78, 5) is 27.9. The van der Waals surface area contributed by atoms with E-state index in [0.717, 1.165) is 37.2 Å². The zero-order valence-corrected chi connectivity index (χ0v) is 16.4. The summed E-state index contributed by atoms with van der Waals surface area (Å²) in [5, 5.41) is 4.39. The van der Waals surface area contributed by atoms with Gasteiger partial charge in [-0.15, -0.1) is 5.10 Å². The molecule has 1 amide bonds. The van der Waals surface area contributed by atoms with Gasteiger partial charge >= 0.3 is 0 Å². The van der Waals surface area contributed by atoms with Crippen LogP contribution in [0.1, 0.15) is 29.6 Å². The van der Waals surface area contributed by atoms with Gasteiger partial charge in [0.1, 0.15) is 0 Å². The molecule has 4 aromatic heterocycles. The summed E-state index contributed by atoms with van der Waals surface area (Å²) in [6.45, 7) is 1.64. The Morgan fingerprint density at radius 3 is 2.53 bits per heavy atom. The highest BCUT2D eigenvalue weighted by Crippen LogP contribution is 2.28. The molecule has 1 fully saturated rings. The number of likely N-dealkylation sites (tertiary alicyclic amines) is 1. The molecule has 30 heavy (non-hydrogen) atoms. The Hall–Kier alpha value is -3.81. The van der Waals surface area contributed by atoms with Crippen molar-refractivity contribution in [2.75, 3.05) is 18.8 Å². The van der Waals surface area contributed by atoms with E-state index in [2.05, 4.69) is 20.1 Å². The average Bonchev–Trinajstić information content (AvgIpc) is 3.14. The molecule has 2 N–H and O–H groups in total. The van der Waals surface area contributed by atoms with Crippen molar-refractivity contribution in [3.05, 3.63) is 60.7 Å². The van der Waals surface area contributed by atoms with E-state index in [9.17, 15) is 4.79 Å². The quantitative estimate of drug-likeness (QED) is 0.568. The Morgan fingerprint density at radius 1 is 0.933 bits per heavy atom. The van der Waals surface area contributed by atoms with Gasteiger partial charge in [-0.2, -0.15) is 0 Å². The molecule has 1 aliphatic rings. The molecule has 8 heteroatoms. The van der Waals surface area contributed by atoms with Crippen LogP contribution < -0.4 is 5.73 Å². The number of nitrogens with zero attached hydrogens (tertiary/aromatic N) is 6. The normalized spacial score (nSPS) is 14.2. The number of aromatic nitrogens is 5. The Labute approximate surface area is 173 Å². The van der Waals surface area contributed by atoms with E-state index < -0.39 is 0 Å². The minimum Gasteiger partial charge on any atom is -0.382 e. The number of hydrogen-bond acceptors (Lipinski definition) is 6. The summed E-state index contributed by atoms with van der Waals surface area (Å²) >= 11 is 0. The molecule has 0 bridgehead atoms. The van der Waals surface area contributed by atoms with Crippen LogP contribution in [0.15, 0.2) is 55.1 Å². The van der Waals surface area contributed by atoms with Crippen LogP contribution in [0, 0.1) is 0 Å². The third kappa shape index (κ3) is 3.26. The smallest absolute Gasteiger partial charge is 0.255 e. The van der Waals surface area contributed by atoms with Gasteiger partial charge in [-0.05, 0) is 43.5 Å². The van der Waals surface area contributed by atoms with Crippen LogP contribution in [-0.4, -0.2) is 48.5 Å². The number of amides is 1. The van der Waals surface area contributed by atoms with Gasteiger partial charge in [0.2, 0.25) is 0 Å². The van der Waals surface area contributed by atoms with Crippen LogP contribution in [-0.2, 0) is 0 Å². The van der Waals surface area contributed by atoms with Gasteiger partial charge in [0.15, 0.2) is 11.5 Å². The van der Waals surface area contributed by atoms with Crippen molar-refractivity contribution < 1.29 is 4.79 Å². The predicted octanol–water partition coefficient (Wildman–Crippen LogP) is 3.06. The molecular weight excluding hydrogens is 378 g/mol. The van der Waals surface area contributed by atoms with Crippen molar-refractivity contribution in [3.63, 3.8) is 0 Å². The van der Waals surface area contributed by atoms with Gasteiger partial charge < -0.3 is 10.6 Å². The Balaban J connectivity index is 1.44. The van der Waals surface area contributed by atoms with Gasteiger partial charge in [-0.3, -0.25) is 14.8 Å². The van der Waals surface area contributed by atoms with Gasteiger partial charge in [-0.25, -0.2) is 9.50 Å². The van der Waals surface area contributed by atoms with Crippen molar-refractivity contribution >= 4 is 17.4 Å². The van der Waals surface area contributed by atoms with Crippen LogP contribution in [0.4, 0.5) is 5.82 Å². The van der Waals surface area contributed by atoms with E-state index in [1.165, 1.54) is 6.42 Å². The van der Waals surface area contributed by atoms with E-state index in [1.807, 2.05) is 41.4 Å². The Kier molecular flexibility index (Phi) is 4.59. The Morgan fingerprint density at radius 2 is 1.80 bits per heavy atom. The highest BCUT2D eigenvalue weighted by molar-refractivity contribution is 5.94. The first-order chi connectivity index (χ1) is 14.7. The number of fused-ring (bicyclic) bond motifs is 1. The van der Waals surface area contributed by atoms with Crippen molar-refractivity contribution in [1.29, 1.82) is 0 Å². The third-order valence-corrected chi connectivity index (χ3v) is 5.37. The fourth-order valence-electron chi connectivity index (χ4n) is 3.81. The lowest BCUT2D eigenvalue weighted by Gasteiger charge is -2.26. The minimum atomic E-state index is 0.0437. The summed E-state index contributed by atoms with van der Waals surface area (Å²) in [5.41, 5.74) is 10.3. The molecule has 0 spiro atoms. The second kappa shape index (κ2) is 7.55. The van der Waals surface area contributed by atoms with Crippen molar-refractivity contribution in [2.45, 2.75) is 19.3 Å². The van der Waals surface area contributed by atoms with Crippen molar-refractivity contribution in [3.8, 4) is 22.5 Å². The molecule has 5 rings (SSSR count). The molecule has 0 saturated carbocycles. The van der Waals surface area contributed by atoms with Crippen molar-refractivity contribution in [2.24, 2.45) is 0 Å². The number of anilines is 1. The molecular formula is C22H21N7O. The van der Waals surface area contributed by atoms with Gasteiger partial charge in [-0.1, -0.05) is 6.07 Å². The molecule has 0 radical (unpaired) electrons. The molecule has 1 aliphatic heterocycles. The molecule has 150 valence electrons. The summed E-state index contributed by atoms with van der Waals surface area (Å²) in [7, 11) is 0. The molecule has 5 heterocycles. The number of carbonyl (C=O) groups is 1.